The standard InChI is InChI=1S/C11H18ClN5O2/c1-11(2,3)19-10(18)15-5-4-14-9-7(13)8(12)16-6-17-9/h6H,4-5,13H2,1-3H3,(H,15,18)(H,14,16,17). The summed E-state index contributed by atoms with van der Waals surface area (Å²) in [6.07, 6.45) is 0.838. The number of nitrogens with zero attached hydrogens (tertiary/aromatic N) is 2. The number of hydrogen-bond acceptors (Lipinski definition) is 6. The maximum atomic E-state index is 11.4. The molecule has 0 aliphatic heterocycles. The molecule has 0 bridgehead atoms. The van der Waals surface area contributed by atoms with Crippen molar-refractivity contribution in [1.82, 2.24) is 15.3 Å². The highest BCUT2D eigenvalue weighted by Gasteiger charge is 2.15. The topological polar surface area (TPSA) is 102 Å². The van der Waals surface area contributed by atoms with Crippen LogP contribution in [0.2, 0.25) is 5.15 Å². The molecule has 1 amide bonds. The Morgan fingerprint density at radius 1 is 1.42 bits per heavy atom. The Hall–Kier alpha value is -1.76. The van der Waals surface area contributed by atoms with E-state index in [1.54, 1.807) is 20.8 Å². The van der Waals surface area contributed by atoms with Gasteiger partial charge in [0.2, 0.25) is 0 Å². The van der Waals surface area contributed by atoms with E-state index >= 15 is 0 Å². The van der Waals surface area contributed by atoms with E-state index in [1.807, 2.05) is 0 Å². The maximum absolute atomic E-state index is 11.4. The van der Waals surface area contributed by atoms with Crippen molar-refractivity contribution in [1.29, 1.82) is 0 Å². The van der Waals surface area contributed by atoms with Crippen LogP contribution in [0.25, 0.3) is 0 Å². The van der Waals surface area contributed by atoms with Crippen molar-refractivity contribution in [3.05, 3.63) is 11.5 Å². The highest BCUT2D eigenvalue weighted by atomic mass is 35.5. The van der Waals surface area contributed by atoms with Crippen molar-refractivity contribution in [2.24, 2.45) is 0 Å². The molecule has 4 N–H and O–H groups in total. The van der Waals surface area contributed by atoms with Gasteiger partial charge in [-0.3, -0.25) is 0 Å². The first kappa shape index (κ1) is 15.3. The molecule has 0 aromatic carbocycles. The largest absolute Gasteiger partial charge is 0.444 e. The molecule has 0 unspecified atom stereocenters. The lowest BCUT2D eigenvalue weighted by molar-refractivity contribution is 0.0530. The van der Waals surface area contributed by atoms with Gasteiger partial charge < -0.3 is 21.1 Å². The zero-order chi connectivity index (χ0) is 14.5. The lowest BCUT2D eigenvalue weighted by Crippen LogP contribution is -2.35. The van der Waals surface area contributed by atoms with E-state index in [0.717, 1.165) is 0 Å². The van der Waals surface area contributed by atoms with Crippen LogP contribution in [-0.4, -0.2) is 34.8 Å². The number of rotatable bonds is 4. The van der Waals surface area contributed by atoms with Crippen molar-refractivity contribution < 1.29 is 9.53 Å². The number of aromatic nitrogens is 2. The Bertz CT molecular complexity index is 447. The molecule has 0 aliphatic carbocycles. The van der Waals surface area contributed by atoms with Gasteiger partial charge in [0.05, 0.1) is 0 Å². The quantitative estimate of drug-likeness (QED) is 0.575. The second-order valence-electron chi connectivity index (χ2n) is 4.78. The van der Waals surface area contributed by atoms with Gasteiger partial charge in [-0.05, 0) is 20.8 Å². The lowest BCUT2D eigenvalue weighted by atomic mass is 10.2. The summed E-state index contributed by atoms with van der Waals surface area (Å²) in [5.74, 6) is 0.436. The molecule has 7 nitrogen and oxygen atoms in total. The van der Waals surface area contributed by atoms with Crippen LogP contribution in [0.15, 0.2) is 6.33 Å². The second-order valence-corrected chi connectivity index (χ2v) is 5.14. The Labute approximate surface area is 116 Å². The van der Waals surface area contributed by atoms with Crippen LogP contribution in [0.5, 0.6) is 0 Å². The summed E-state index contributed by atoms with van der Waals surface area (Å²) < 4.78 is 5.08. The predicted octanol–water partition coefficient (Wildman–Crippen LogP) is 1.65. The third kappa shape index (κ3) is 5.60. The molecule has 8 heteroatoms. The number of carbonyl (C=O) groups is 1. The van der Waals surface area contributed by atoms with Gasteiger partial charge >= 0.3 is 6.09 Å². The van der Waals surface area contributed by atoms with Gasteiger partial charge in [-0.2, -0.15) is 0 Å². The fourth-order valence-electron chi connectivity index (χ4n) is 1.17. The number of anilines is 2. The molecule has 1 aromatic rings. The summed E-state index contributed by atoms with van der Waals surface area (Å²) in [5, 5.41) is 5.74. The number of alkyl carbamates (subject to hydrolysis) is 1. The van der Waals surface area contributed by atoms with E-state index in [0.29, 0.717) is 18.9 Å². The molecule has 0 radical (unpaired) electrons. The average Bonchev–Trinajstić information content (AvgIpc) is 2.27. The third-order valence-electron chi connectivity index (χ3n) is 1.92. The van der Waals surface area contributed by atoms with E-state index in [9.17, 15) is 4.79 Å². The van der Waals surface area contributed by atoms with Crippen LogP contribution in [0.3, 0.4) is 0 Å². The monoisotopic (exact) mass is 287 g/mol. The van der Waals surface area contributed by atoms with Crippen LogP contribution < -0.4 is 16.4 Å². The van der Waals surface area contributed by atoms with Gasteiger partial charge in [-0.15, -0.1) is 0 Å². The number of hydrogen-bond donors (Lipinski definition) is 3. The normalized spacial score (nSPS) is 10.9. The van der Waals surface area contributed by atoms with Crippen LogP contribution in [0.1, 0.15) is 20.8 Å². The SMILES string of the molecule is CC(C)(C)OC(=O)NCCNc1ncnc(Cl)c1N. The predicted molar refractivity (Wildman–Crippen MR) is 74.2 cm³/mol. The number of nitrogens with one attached hydrogen (secondary N) is 2. The Morgan fingerprint density at radius 2 is 2.11 bits per heavy atom. The average molecular weight is 288 g/mol. The van der Waals surface area contributed by atoms with Gasteiger partial charge in [0.25, 0.3) is 0 Å². The number of amides is 1. The fourth-order valence-corrected chi connectivity index (χ4v) is 1.31. The van der Waals surface area contributed by atoms with E-state index in [4.69, 9.17) is 22.1 Å². The Kier molecular flexibility index (Phi) is 5.17. The molecule has 1 rings (SSSR count). The lowest BCUT2D eigenvalue weighted by Gasteiger charge is -2.19. The number of halogens is 1. The van der Waals surface area contributed by atoms with E-state index in [-0.39, 0.29) is 10.8 Å². The van der Waals surface area contributed by atoms with Crippen molar-refractivity contribution in [2.75, 3.05) is 24.1 Å². The number of ether oxygens (including phenoxy) is 1. The Morgan fingerprint density at radius 3 is 2.74 bits per heavy atom. The second kappa shape index (κ2) is 6.42. The molecule has 106 valence electrons. The molecular weight excluding hydrogens is 270 g/mol. The van der Waals surface area contributed by atoms with Crippen LogP contribution in [-0.2, 0) is 4.74 Å². The van der Waals surface area contributed by atoms with Gasteiger partial charge in [0.15, 0.2) is 11.0 Å². The van der Waals surface area contributed by atoms with Gasteiger partial charge in [-0.1, -0.05) is 11.6 Å². The fraction of sp³-hybridized carbons (Fsp3) is 0.545. The summed E-state index contributed by atoms with van der Waals surface area (Å²) >= 11 is 5.74. The van der Waals surface area contributed by atoms with Gasteiger partial charge in [-0.25, -0.2) is 14.8 Å². The molecule has 1 heterocycles. The van der Waals surface area contributed by atoms with Gasteiger partial charge in [0, 0.05) is 13.1 Å². The summed E-state index contributed by atoms with van der Waals surface area (Å²) in [5.41, 5.74) is 5.44. The molecule has 0 atom stereocenters. The van der Waals surface area contributed by atoms with Crippen molar-refractivity contribution in [3.8, 4) is 0 Å². The first-order chi connectivity index (χ1) is 8.79. The van der Waals surface area contributed by atoms with Crippen LogP contribution in [0, 0.1) is 0 Å². The molecule has 1 aromatic heterocycles. The number of nitrogen functional groups attached to an aromatic ring is 1. The number of carbonyl (C=O) groups excluding carboxylic acids is 1. The minimum atomic E-state index is -0.512. The summed E-state index contributed by atoms with van der Waals surface area (Å²) in [6.45, 7) is 6.21. The molecule has 0 aliphatic rings. The van der Waals surface area contributed by atoms with Crippen LogP contribution in [0.4, 0.5) is 16.3 Å². The highest BCUT2D eigenvalue weighted by molar-refractivity contribution is 6.32. The van der Waals surface area contributed by atoms with E-state index < -0.39 is 11.7 Å². The van der Waals surface area contributed by atoms with Gasteiger partial charge in [0.1, 0.15) is 17.6 Å². The summed E-state index contributed by atoms with van der Waals surface area (Å²) in [7, 11) is 0. The minimum Gasteiger partial charge on any atom is -0.444 e. The molecule has 19 heavy (non-hydrogen) atoms. The van der Waals surface area contributed by atoms with Crippen molar-refractivity contribution >= 4 is 29.2 Å². The first-order valence-electron chi connectivity index (χ1n) is 5.76. The summed E-state index contributed by atoms with van der Waals surface area (Å²) in [4.78, 5) is 19.0. The van der Waals surface area contributed by atoms with Crippen molar-refractivity contribution in [2.45, 2.75) is 26.4 Å². The molecule has 0 saturated heterocycles. The Balaban J connectivity index is 2.32. The molecular formula is C11H18ClN5O2. The molecule has 0 spiro atoms. The molecule has 0 saturated carbocycles. The minimum absolute atomic E-state index is 0.192. The smallest absolute Gasteiger partial charge is 0.407 e. The third-order valence-corrected chi connectivity index (χ3v) is 2.22. The molecule has 0 fully saturated rings. The number of nitrogens with two attached hydrogens (primary N) is 1. The highest BCUT2D eigenvalue weighted by Crippen LogP contribution is 2.21. The van der Waals surface area contributed by atoms with Crippen molar-refractivity contribution in [3.63, 3.8) is 0 Å². The van der Waals surface area contributed by atoms with E-state index in [2.05, 4.69) is 20.6 Å². The van der Waals surface area contributed by atoms with Crippen LogP contribution >= 0.6 is 11.6 Å². The zero-order valence-corrected chi connectivity index (χ0v) is 11.9. The summed E-state index contributed by atoms with van der Waals surface area (Å²) in [6, 6.07) is 0. The van der Waals surface area contributed by atoms with E-state index in [1.165, 1.54) is 6.33 Å². The first-order valence-corrected chi connectivity index (χ1v) is 6.14. The zero-order valence-electron chi connectivity index (χ0n) is 11.2. The maximum Gasteiger partial charge on any atom is 0.407 e.